The summed E-state index contributed by atoms with van der Waals surface area (Å²) in [5.74, 6) is 1.53. The summed E-state index contributed by atoms with van der Waals surface area (Å²) in [7, 11) is 0. The third-order valence-electron chi connectivity index (χ3n) is 3.97. The summed E-state index contributed by atoms with van der Waals surface area (Å²) < 4.78 is 1.88. The van der Waals surface area contributed by atoms with Crippen LogP contribution < -0.4 is 0 Å². The molecule has 4 aromatic rings. The second kappa shape index (κ2) is 8.17. The molecule has 0 radical (unpaired) electrons. The van der Waals surface area contributed by atoms with Crippen molar-refractivity contribution in [2.75, 3.05) is 0 Å². The molecule has 0 aliphatic heterocycles. The van der Waals surface area contributed by atoms with Crippen LogP contribution in [0.4, 0.5) is 0 Å². The van der Waals surface area contributed by atoms with E-state index in [9.17, 15) is 0 Å². The highest BCUT2D eigenvalue weighted by molar-refractivity contribution is 7.98. The van der Waals surface area contributed by atoms with Crippen LogP contribution in [0.2, 0.25) is 10.0 Å². The lowest BCUT2D eigenvalue weighted by Crippen LogP contribution is -1.99. The molecule has 0 bridgehead atoms. The van der Waals surface area contributed by atoms with Crippen molar-refractivity contribution in [2.24, 2.45) is 0 Å². The van der Waals surface area contributed by atoms with Crippen LogP contribution in [-0.4, -0.2) is 14.8 Å². The molecule has 0 atom stereocenters. The number of rotatable bonds is 5. The van der Waals surface area contributed by atoms with Gasteiger partial charge >= 0.3 is 0 Å². The lowest BCUT2D eigenvalue weighted by Gasteiger charge is -2.05. The summed E-state index contributed by atoms with van der Waals surface area (Å²) in [4.78, 5) is 4.77. The van der Waals surface area contributed by atoms with E-state index >= 15 is 0 Å². The van der Waals surface area contributed by atoms with E-state index in [0.29, 0.717) is 21.0 Å². The number of aromatic nitrogens is 3. The third-order valence-corrected chi connectivity index (χ3v) is 5.62. The molecule has 4 rings (SSSR count). The minimum atomic E-state index is 0.558. The van der Waals surface area contributed by atoms with Crippen molar-refractivity contribution in [1.29, 1.82) is 0 Å². The Kier molecular flexibility index (Phi) is 5.48. The molecule has 0 amide bonds. The molecule has 0 fully saturated rings. The topological polar surface area (TPSA) is 30.7 Å². The molecule has 1 heterocycles. The van der Waals surface area contributed by atoms with Gasteiger partial charge in [0.05, 0.1) is 15.7 Å². The summed E-state index contributed by atoms with van der Waals surface area (Å²) >= 11 is 13.7. The Morgan fingerprint density at radius 2 is 1.52 bits per heavy atom. The summed E-state index contributed by atoms with van der Waals surface area (Å²) in [6.07, 6.45) is 0. The first-order valence-corrected chi connectivity index (χ1v) is 10.1. The van der Waals surface area contributed by atoms with Gasteiger partial charge in [0.2, 0.25) is 5.16 Å². The maximum atomic E-state index is 6.11. The lowest BCUT2D eigenvalue weighted by atomic mass is 10.2. The molecule has 1 aromatic heterocycles. The fourth-order valence-corrected chi connectivity index (χ4v) is 3.74. The first-order valence-electron chi connectivity index (χ1n) is 8.35. The molecule has 0 unspecified atom stereocenters. The van der Waals surface area contributed by atoms with Crippen molar-refractivity contribution >= 4 is 35.0 Å². The van der Waals surface area contributed by atoms with E-state index in [0.717, 1.165) is 22.6 Å². The highest BCUT2D eigenvalue weighted by Gasteiger charge is 2.14. The van der Waals surface area contributed by atoms with E-state index in [4.69, 9.17) is 33.3 Å². The molecule has 3 nitrogen and oxygen atoms in total. The SMILES string of the molecule is Clc1ccc(CSc2nc(-c3ccccc3)n(-c3ccccc3)n2)cc1Cl. The van der Waals surface area contributed by atoms with Crippen molar-refractivity contribution in [3.05, 3.63) is 94.5 Å². The fourth-order valence-electron chi connectivity index (χ4n) is 2.65. The predicted molar refractivity (Wildman–Crippen MR) is 113 cm³/mol. The largest absolute Gasteiger partial charge is 0.212 e. The van der Waals surface area contributed by atoms with Gasteiger partial charge < -0.3 is 0 Å². The van der Waals surface area contributed by atoms with Crippen molar-refractivity contribution in [3.63, 3.8) is 0 Å². The van der Waals surface area contributed by atoms with Crippen molar-refractivity contribution in [1.82, 2.24) is 14.8 Å². The average Bonchev–Trinajstić information content (AvgIpc) is 3.15. The van der Waals surface area contributed by atoms with Gasteiger partial charge in [-0.05, 0) is 29.8 Å². The smallest absolute Gasteiger partial charge is 0.209 e. The molecule has 6 heteroatoms. The van der Waals surface area contributed by atoms with E-state index in [1.165, 1.54) is 0 Å². The second-order valence-electron chi connectivity index (χ2n) is 5.87. The monoisotopic (exact) mass is 411 g/mol. The molecule has 0 N–H and O–H groups in total. The van der Waals surface area contributed by atoms with Crippen LogP contribution in [0, 0.1) is 0 Å². The molecule has 27 heavy (non-hydrogen) atoms. The van der Waals surface area contributed by atoms with Gasteiger partial charge in [0.15, 0.2) is 5.82 Å². The Morgan fingerprint density at radius 3 is 2.22 bits per heavy atom. The minimum absolute atomic E-state index is 0.558. The van der Waals surface area contributed by atoms with Crippen molar-refractivity contribution < 1.29 is 0 Å². The van der Waals surface area contributed by atoms with Crippen LogP contribution in [0.25, 0.3) is 17.1 Å². The Morgan fingerprint density at radius 1 is 0.815 bits per heavy atom. The fraction of sp³-hybridized carbons (Fsp3) is 0.0476. The number of hydrogen-bond donors (Lipinski definition) is 0. The molecule has 0 spiro atoms. The van der Waals surface area contributed by atoms with Crippen LogP contribution in [-0.2, 0) is 5.75 Å². The summed E-state index contributed by atoms with van der Waals surface area (Å²) in [5.41, 5.74) is 3.08. The van der Waals surface area contributed by atoms with Crippen LogP contribution >= 0.6 is 35.0 Å². The molecule has 3 aromatic carbocycles. The van der Waals surface area contributed by atoms with Gasteiger partial charge in [-0.3, -0.25) is 0 Å². The lowest BCUT2D eigenvalue weighted by molar-refractivity contribution is 0.839. The second-order valence-corrected chi connectivity index (χ2v) is 7.63. The highest BCUT2D eigenvalue weighted by Crippen LogP contribution is 2.29. The van der Waals surface area contributed by atoms with E-state index in [-0.39, 0.29) is 0 Å². The van der Waals surface area contributed by atoms with Gasteiger partial charge in [-0.25, -0.2) is 9.67 Å². The number of benzene rings is 3. The quantitative estimate of drug-likeness (QED) is 0.349. The zero-order valence-corrected chi connectivity index (χ0v) is 16.5. The zero-order valence-electron chi connectivity index (χ0n) is 14.2. The normalized spacial score (nSPS) is 10.9. The van der Waals surface area contributed by atoms with Gasteiger partial charge in [-0.15, -0.1) is 5.10 Å². The van der Waals surface area contributed by atoms with Crippen LogP contribution in [0.15, 0.2) is 84.0 Å². The molecule has 0 saturated heterocycles. The van der Waals surface area contributed by atoms with Crippen LogP contribution in [0.1, 0.15) is 5.56 Å². The Balaban J connectivity index is 1.66. The van der Waals surface area contributed by atoms with Gasteiger partial charge in [-0.1, -0.05) is 89.6 Å². The van der Waals surface area contributed by atoms with Gasteiger partial charge in [-0.2, -0.15) is 0 Å². The Hall–Kier alpha value is -2.27. The van der Waals surface area contributed by atoms with Gasteiger partial charge in [0, 0.05) is 11.3 Å². The molecule has 0 aliphatic carbocycles. The number of hydrogen-bond acceptors (Lipinski definition) is 3. The van der Waals surface area contributed by atoms with E-state index < -0.39 is 0 Å². The summed E-state index contributed by atoms with van der Waals surface area (Å²) in [5, 5.41) is 6.55. The van der Waals surface area contributed by atoms with Crippen LogP contribution in [0.3, 0.4) is 0 Å². The Bertz CT molecular complexity index is 993. The van der Waals surface area contributed by atoms with Crippen molar-refractivity contribution in [3.8, 4) is 17.1 Å². The summed E-state index contributed by atoms with van der Waals surface area (Å²) in [6, 6.07) is 25.8. The maximum absolute atomic E-state index is 6.11. The zero-order chi connectivity index (χ0) is 18.6. The third kappa shape index (κ3) is 4.19. The molecule has 0 saturated carbocycles. The maximum Gasteiger partial charge on any atom is 0.209 e. The molecule has 134 valence electrons. The molecular weight excluding hydrogens is 397 g/mol. The van der Waals surface area contributed by atoms with Gasteiger partial charge in [0.25, 0.3) is 0 Å². The predicted octanol–water partition coefficient (Wildman–Crippen LogP) is 6.53. The van der Waals surface area contributed by atoms with E-state index in [1.807, 2.05) is 83.5 Å². The van der Waals surface area contributed by atoms with Crippen LogP contribution in [0.5, 0.6) is 0 Å². The first kappa shape index (κ1) is 18.1. The molecule has 0 aliphatic rings. The number of nitrogens with zero attached hydrogens (tertiary/aromatic N) is 3. The average molecular weight is 412 g/mol. The Labute approximate surface area is 172 Å². The number of thioether (sulfide) groups is 1. The minimum Gasteiger partial charge on any atom is -0.212 e. The van der Waals surface area contributed by atoms with E-state index in [1.54, 1.807) is 11.8 Å². The molecular formula is C21H15Cl2N3S. The first-order chi connectivity index (χ1) is 13.2. The number of halogens is 2. The highest BCUT2D eigenvalue weighted by atomic mass is 35.5. The summed E-state index contributed by atoms with van der Waals surface area (Å²) in [6.45, 7) is 0. The number of para-hydroxylation sites is 1. The standard InChI is InChI=1S/C21H15Cl2N3S/c22-18-12-11-15(13-19(18)23)14-27-21-24-20(16-7-3-1-4-8-16)26(25-21)17-9-5-2-6-10-17/h1-13H,14H2. The van der Waals surface area contributed by atoms with Gasteiger partial charge in [0.1, 0.15) is 0 Å². The van der Waals surface area contributed by atoms with E-state index in [2.05, 4.69) is 0 Å². The van der Waals surface area contributed by atoms with Crippen molar-refractivity contribution in [2.45, 2.75) is 10.9 Å².